The second-order valence-corrected chi connectivity index (χ2v) is 2.46. The van der Waals surface area contributed by atoms with E-state index < -0.39 is 0 Å². The zero-order valence-electron chi connectivity index (χ0n) is 6.13. The molecule has 0 fully saturated rings. The van der Waals surface area contributed by atoms with Crippen LogP contribution in [0.15, 0.2) is 4.99 Å². The van der Waals surface area contributed by atoms with E-state index in [-0.39, 0.29) is 12.4 Å². The summed E-state index contributed by atoms with van der Waals surface area (Å²) in [5.74, 6) is 6.14. The van der Waals surface area contributed by atoms with Crippen molar-refractivity contribution in [3.05, 3.63) is 0 Å². The van der Waals surface area contributed by atoms with Gasteiger partial charge in [-0.2, -0.15) is 0 Å². The summed E-state index contributed by atoms with van der Waals surface area (Å²) in [7, 11) is 0. The van der Waals surface area contributed by atoms with Gasteiger partial charge in [0.15, 0.2) is 0 Å². The molecule has 0 saturated heterocycles. The smallest absolute Gasteiger partial charge is 0.111 e. The van der Waals surface area contributed by atoms with Gasteiger partial charge < -0.3 is 5.43 Å². The van der Waals surface area contributed by atoms with E-state index in [0.717, 1.165) is 12.3 Å². The van der Waals surface area contributed by atoms with Crippen LogP contribution in [0.5, 0.6) is 0 Å². The summed E-state index contributed by atoms with van der Waals surface area (Å²) in [6.07, 6.45) is 3.43. The summed E-state index contributed by atoms with van der Waals surface area (Å²) in [5, 5.41) is 0. The first-order chi connectivity index (χ1) is 4.33. The van der Waals surface area contributed by atoms with E-state index in [9.17, 15) is 0 Å². The van der Waals surface area contributed by atoms with Gasteiger partial charge >= 0.3 is 0 Å². The zero-order chi connectivity index (χ0) is 6.69. The van der Waals surface area contributed by atoms with Crippen LogP contribution in [-0.2, 0) is 0 Å². The fraction of sp³-hybridized carbons (Fsp3) is 0.833. The molecular formula is C6H14ClN3. The van der Waals surface area contributed by atoms with Crippen molar-refractivity contribution < 1.29 is 0 Å². The Morgan fingerprint density at radius 1 is 1.70 bits per heavy atom. The molecule has 0 aliphatic carbocycles. The Labute approximate surface area is 67.5 Å². The summed E-state index contributed by atoms with van der Waals surface area (Å²) in [6.45, 7) is 2.11. The molecule has 10 heavy (non-hydrogen) atoms. The van der Waals surface area contributed by atoms with Gasteiger partial charge in [-0.05, 0) is 19.8 Å². The average Bonchev–Trinajstić information content (AvgIpc) is 1.88. The monoisotopic (exact) mass is 163 g/mol. The number of hydrogen-bond acceptors (Lipinski definition) is 3. The Bertz CT molecular complexity index is 124. The van der Waals surface area contributed by atoms with Crippen LogP contribution in [0.4, 0.5) is 0 Å². The summed E-state index contributed by atoms with van der Waals surface area (Å²) in [5.41, 5.74) is 2.58. The summed E-state index contributed by atoms with van der Waals surface area (Å²) in [6, 6.07) is 0.463. The highest BCUT2D eigenvalue weighted by Gasteiger charge is 2.08. The average molecular weight is 164 g/mol. The van der Waals surface area contributed by atoms with Crippen LogP contribution in [-0.4, -0.2) is 11.9 Å². The summed E-state index contributed by atoms with van der Waals surface area (Å²) in [4.78, 5) is 4.28. The number of rotatable bonds is 0. The largest absolute Gasteiger partial charge is 0.312 e. The number of hydrazine groups is 1. The zero-order valence-corrected chi connectivity index (χ0v) is 6.95. The van der Waals surface area contributed by atoms with Crippen molar-refractivity contribution in [1.29, 1.82) is 0 Å². The molecule has 0 saturated carbocycles. The van der Waals surface area contributed by atoms with Crippen LogP contribution in [0, 0.1) is 0 Å². The van der Waals surface area contributed by atoms with Gasteiger partial charge in [0, 0.05) is 12.5 Å². The number of aliphatic imine (C=N–C) groups is 1. The fourth-order valence-electron chi connectivity index (χ4n) is 1.07. The molecule has 1 rings (SSSR count). The quantitative estimate of drug-likeness (QED) is 0.411. The molecule has 1 unspecified atom stereocenters. The Kier molecular flexibility index (Phi) is 4.40. The third-order valence-electron chi connectivity index (χ3n) is 1.58. The lowest BCUT2D eigenvalue weighted by Crippen LogP contribution is -2.33. The van der Waals surface area contributed by atoms with Crippen LogP contribution in [0.1, 0.15) is 26.2 Å². The van der Waals surface area contributed by atoms with E-state index in [1.165, 1.54) is 12.8 Å². The molecule has 0 radical (unpaired) electrons. The Morgan fingerprint density at radius 2 is 2.40 bits per heavy atom. The van der Waals surface area contributed by atoms with Gasteiger partial charge in [0.2, 0.25) is 0 Å². The minimum Gasteiger partial charge on any atom is -0.312 e. The molecule has 1 aliphatic rings. The first kappa shape index (κ1) is 9.72. The van der Waals surface area contributed by atoms with Gasteiger partial charge in [0.25, 0.3) is 0 Å². The Hall–Kier alpha value is -0.280. The lowest BCUT2D eigenvalue weighted by Gasteiger charge is -2.15. The second kappa shape index (κ2) is 4.52. The third kappa shape index (κ3) is 2.54. The third-order valence-corrected chi connectivity index (χ3v) is 1.58. The fourth-order valence-corrected chi connectivity index (χ4v) is 1.07. The van der Waals surface area contributed by atoms with Gasteiger partial charge in [-0.1, -0.05) is 0 Å². The predicted octanol–water partition coefficient (Wildman–Crippen LogP) is 0.842. The molecule has 0 aromatic carbocycles. The molecular weight excluding hydrogens is 150 g/mol. The number of nitrogens with two attached hydrogens (primary N) is 1. The van der Waals surface area contributed by atoms with Crippen LogP contribution in [0.2, 0.25) is 0 Å². The molecule has 3 nitrogen and oxygen atoms in total. The first-order valence-corrected chi connectivity index (χ1v) is 3.36. The standard InChI is InChI=1S/C6H13N3.ClH/c1-5-3-2-4-6(8-5)9-7;/h5H,2-4,7H2,1H3,(H,8,9);1H. The van der Waals surface area contributed by atoms with Crippen molar-refractivity contribution in [2.45, 2.75) is 32.2 Å². The molecule has 1 atom stereocenters. The summed E-state index contributed by atoms with van der Waals surface area (Å²) >= 11 is 0. The van der Waals surface area contributed by atoms with Crippen LogP contribution in [0.3, 0.4) is 0 Å². The Morgan fingerprint density at radius 3 is 2.80 bits per heavy atom. The van der Waals surface area contributed by atoms with Crippen molar-refractivity contribution in [3.63, 3.8) is 0 Å². The van der Waals surface area contributed by atoms with E-state index in [1.54, 1.807) is 0 Å². The Balaban J connectivity index is 0.000000810. The molecule has 0 amide bonds. The van der Waals surface area contributed by atoms with Crippen LogP contribution in [0.25, 0.3) is 0 Å². The molecule has 1 heterocycles. The molecule has 4 heteroatoms. The first-order valence-electron chi connectivity index (χ1n) is 3.36. The number of amidine groups is 1. The van der Waals surface area contributed by atoms with Gasteiger partial charge in [0.05, 0.1) is 0 Å². The molecule has 60 valence electrons. The van der Waals surface area contributed by atoms with E-state index in [0.29, 0.717) is 6.04 Å². The molecule has 0 aromatic heterocycles. The van der Waals surface area contributed by atoms with Crippen LogP contribution >= 0.6 is 12.4 Å². The number of nitrogens with one attached hydrogen (secondary N) is 1. The van der Waals surface area contributed by atoms with Crippen molar-refractivity contribution in [1.82, 2.24) is 5.43 Å². The normalized spacial score (nSPS) is 24.6. The lowest BCUT2D eigenvalue weighted by atomic mass is 10.1. The van der Waals surface area contributed by atoms with E-state index >= 15 is 0 Å². The molecule has 1 aliphatic heterocycles. The van der Waals surface area contributed by atoms with Gasteiger partial charge in [-0.3, -0.25) is 4.99 Å². The minimum absolute atomic E-state index is 0. The second-order valence-electron chi connectivity index (χ2n) is 2.46. The summed E-state index contributed by atoms with van der Waals surface area (Å²) < 4.78 is 0. The predicted molar refractivity (Wildman–Crippen MR) is 45.3 cm³/mol. The maximum absolute atomic E-state index is 5.18. The van der Waals surface area contributed by atoms with Gasteiger partial charge in [-0.25, -0.2) is 5.84 Å². The molecule has 0 spiro atoms. The van der Waals surface area contributed by atoms with Gasteiger partial charge in [0.1, 0.15) is 5.84 Å². The van der Waals surface area contributed by atoms with E-state index in [2.05, 4.69) is 17.3 Å². The SMILES string of the molecule is CC1CCCC(NN)=N1.Cl. The van der Waals surface area contributed by atoms with Crippen molar-refractivity contribution >= 4 is 18.2 Å². The topological polar surface area (TPSA) is 50.4 Å². The van der Waals surface area contributed by atoms with Crippen molar-refractivity contribution in [2.24, 2.45) is 10.8 Å². The van der Waals surface area contributed by atoms with E-state index in [1.807, 2.05) is 0 Å². The number of halogens is 1. The lowest BCUT2D eigenvalue weighted by molar-refractivity contribution is 0.597. The highest BCUT2D eigenvalue weighted by Crippen LogP contribution is 2.10. The highest BCUT2D eigenvalue weighted by molar-refractivity contribution is 5.85. The maximum atomic E-state index is 5.18. The van der Waals surface area contributed by atoms with Crippen LogP contribution < -0.4 is 11.3 Å². The molecule has 0 aromatic rings. The van der Waals surface area contributed by atoms with E-state index in [4.69, 9.17) is 5.84 Å². The van der Waals surface area contributed by atoms with Gasteiger partial charge in [-0.15, -0.1) is 12.4 Å². The maximum Gasteiger partial charge on any atom is 0.111 e. The number of nitrogens with zero attached hydrogens (tertiary/aromatic N) is 1. The van der Waals surface area contributed by atoms with Crippen molar-refractivity contribution in [3.8, 4) is 0 Å². The molecule has 0 bridgehead atoms. The van der Waals surface area contributed by atoms with Crippen molar-refractivity contribution in [2.75, 3.05) is 0 Å². The highest BCUT2D eigenvalue weighted by atomic mass is 35.5. The molecule has 3 N–H and O–H groups in total. The number of hydrogen-bond donors (Lipinski definition) is 2. The minimum atomic E-state index is 0.